The Bertz CT molecular complexity index is 1060. The second kappa shape index (κ2) is 9.00. The van der Waals surface area contributed by atoms with Crippen LogP contribution in [0.15, 0.2) is 71.8 Å². The molecule has 2 aromatic carbocycles. The summed E-state index contributed by atoms with van der Waals surface area (Å²) in [5.41, 5.74) is 2.07. The number of rotatable bonds is 5. The number of aromatic nitrogens is 2. The molecule has 154 valence electrons. The van der Waals surface area contributed by atoms with Gasteiger partial charge in [-0.3, -0.25) is 19.1 Å². The second-order valence-electron chi connectivity index (χ2n) is 7.39. The van der Waals surface area contributed by atoms with Crippen molar-refractivity contribution < 1.29 is 9.18 Å². The molecule has 0 bridgehead atoms. The molecule has 0 atom stereocenters. The van der Waals surface area contributed by atoms with Crippen molar-refractivity contribution >= 4 is 5.91 Å². The Balaban J connectivity index is 1.34. The van der Waals surface area contributed by atoms with Gasteiger partial charge in [0.15, 0.2) is 0 Å². The second-order valence-corrected chi connectivity index (χ2v) is 7.39. The number of carbonyl (C=O) groups excluding carboxylic acids is 1. The SMILES string of the molecule is O=C(Cn1cnc(-c2ccc(F)cc2)cc1=O)N1CCN(Cc2ccccc2)CC1. The molecule has 1 saturated heterocycles. The molecule has 4 rings (SSSR count). The van der Waals surface area contributed by atoms with Gasteiger partial charge in [-0.15, -0.1) is 0 Å². The predicted molar refractivity (Wildman–Crippen MR) is 112 cm³/mol. The van der Waals surface area contributed by atoms with Gasteiger partial charge in [0.25, 0.3) is 5.56 Å². The van der Waals surface area contributed by atoms with Crippen LogP contribution in [-0.4, -0.2) is 51.4 Å². The predicted octanol–water partition coefficient (Wildman–Crippen LogP) is 2.39. The summed E-state index contributed by atoms with van der Waals surface area (Å²) in [6.07, 6.45) is 1.38. The van der Waals surface area contributed by atoms with Crippen molar-refractivity contribution in [3.05, 3.63) is 88.7 Å². The molecule has 0 radical (unpaired) electrons. The Kier molecular flexibility index (Phi) is 5.99. The van der Waals surface area contributed by atoms with E-state index in [4.69, 9.17) is 0 Å². The summed E-state index contributed by atoms with van der Waals surface area (Å²) in [6.45, 7) is 3.73. The maximum atomic E-state index is 13.1. The molecule has 0 saturated carbocycles. The summed E-state index contributed by atoms with van der Waals surface area (Å²) in [5.74, 6) is -0.436. The number of hydrogen-bond acceptors (Lipinski definition) is 4. The quantitative estimate of drug-likeness (QED) is 0.653. The van der Waals surface area contributed by atoms with E-state index in [2.05, 4.69) is 22.0 Å². The van der Waals surface area contributed by atoms with Gasteiger partial charge >= 0.3 is 0 Å². The van der Waals surface area contributed by atoms with Crippen molar-refractivity contribution in [1.82, 2.24) is 19.4 Å². The van der Waals surface area contributed by atoms with E-state index < -0.39 is 0 Å². The normalized spacial score (nSPS) is 14.6. The van der Waals surface area contributed by atoms with Gasteiger partial charge in [0.05, 0.1) is 12.0 Å². The van der Waals surface area contributed by atoms with Gasteiger partial charge in [-0.25, -0.2) is 9.37 Å². The molecule has 1 aliphatic heterocycles. The van der Waals surface area contributed by atoms with Crippen LogP contribution in [0.25, 0.3) is 11.3 Å². The minimum absolute atomic E-state index is 0.0335. The number of amides is 1. The lowest BCUT2D eigenvalue weighted by Crippen LogP contribution is -2.49. The van der Waals surface area contributed by atoms with Crippen LogP contribution in [0.4, 0.5) is 4.39 Å². The first-order chi connectivity index (χ1) is 14.6. The van der Waals surface area contributed by atoms with Crippen LogP contribution in [0.5, 0.6) is 0 Å². The molecular weight excluding hydrogens is 383 g/mol. The first-order valence-corrected chi connectivity index (χ1v) is 9.95. The highest BCUT2D eigenvalue weighted by Crippen LogP contribution is 2.15. The van der Waals surface area contributed by atoms with Crippen LogP contribution in [0.1, 0.15) is 5.56 Å². The van der Waals surface area contributed by atoms with Gasteiger partial charge in [0.1, 0.15) is 12.4 Å². The van der Waals surface area contributed by atoms with Gasteiger partial charge < -0.3 is 4.90 Å². The Hall–Kier alpha value is -3.32. The lowest BCUT2D eigenvalue weighted by atomic mass is 10.1. The highest BCUT2D eigenvalue weighted by Gasteiger charge is 2.21. The molecule has 6 nitrogen and oxygen atoms in total. The molecule has 1 fully saturated rings. The summed E-state index contributed by atoms with van der Waals surface area (Å²) in [6, 6.07) is 17.4. The third kappa shape index (κ3) is 4.80. The number of hydrogen-bond donors (Lipinski definition) is 0. The van der Waals surface area contributed by atoms with E-state index in [9.17, 15) is 14.0 Å². The highest BCUT2D eigenvalue weighted by molar-refractivity contribution is 5.76. The lowest BCUT2D eigenvalue weighted by molar-refractivity contribution is -0.133. The summed E-state index contributed by atoms with van der Waals surface area (Å²) in [7, 11) is 0. The summed E-state index contributed by atoms with van der Waals surface area (Å²) in [4.78, 5) is 33.5. The minimum Gasteiger partial charge on any atom is -0.339 e. The molecule has 2 heterocycles. The third-order valence-corrected chi connectivity index (χ3v) is 5.30. The number of nitrogens with zero attached hydrogens (tertiary/aromatic N) is 4. The van der Waals surface area contributed by atoms with Gasteiger partial charge in [-0.1, -0.05) is 30.3 Å². The number of halogens is 1. The average molecular weight is 406 g/mol. The maximum Gasteiger partial charge on any atom is 0.254 e. The Labute approximate surface area is 174 Å². The smallest absolute Gasteiger partial charge is 0.254 e. The largest absolute Gasteiger partial charge is 0.339 e. The third-order valence-electron chi connectivity index (χ3n) is 5.30. The molecule has 0 aliphatic carbocycles. The molecule has 0 spiro atoms. The fourth-order valence-electron chi connectivity index (χ4n) is 3.57. The molecule has 7 heteroatoms. The number of carbonyl (C=O) groups is 1. The molecule has 0 N–H and O–H groups in total. The standard InChI is InChI=1S/C23H23FN4O2/c24-20-8-6-19(7-9-20)21-14-22(29)28(17-25-21)16-23(30)27-12-10-26(11-13-27)15-18-4-2-1-3-5-18/h1-9,14,17H,10-13,15-16H2. The van der Waals surface area contributed by atoms with E-state index in [1.54, 1.807) is 17.0 Å². The molecular formula is C23H23FN4O2. The highest BCUT2D eigenvalue weighted by atomic mass is 19.1. The van der Waals surface area contributed by atoms with Crippen LogP contribution >= 0.6 is 0 Å². The zero-order valence-corrected chi connectivity index (χ0v) is 16.6. The average Bonchev–Trinajstić information content (AvgIpc) is 2.77. The van der Waals surface area contributed by atoms with Crippen LogP contribution in [0.2, 0.25) is 0 Å². The molecule has 1 aromatic heterocycles. The summed E-state index contributed by atoms with van der Waals surface area (Å²) in [5, 5.41) is 0. The van der Waals surface area contributed by atoms with Crippen LogP contribution in [0, 0.1) is 5.82 Å². The fraction of sp³-hybridized carbons (Fsp3) is 0.261. The van der Waals surface area contributed by atoms with Crippen molar-refractivity contribution in [1.29, 1.82) is 0 Å². The number of benzene rings is 2. The Morgan fingerprint density at radius 1 is 0.967 bits per heavy atom. The van der Waals surface area contributed by atoms with Crippen molar-refractivity contribution in [2.75, 3.05) is 26.2 Å². The van der Waals surface area contributed by atoms with Crippen LogP contribution < -0.4 is 5.56 Å². The summed E-state index contributed by atoms with van der Waals surface area (Å²) >= 11 is 0. The fourth-order valence-corrected chi connectivity index (χ4v) is 3.57. The zero-order chi connectivity index (χ0) is 20.9. The molecule has 3 aromatic rings. The van der Waals surface area contributed by atoms with E-state index >= 15 is 0 Å². The van der Waals surface area contributed by atoms with Gasteiger partial charge in [0, 0.05) is 44.4 Å². The van der Waals surface area contributed by atoms with Crippen molar-refractivity contribution in [2.24, 2.45) is 0 Å². The Morgan fingerprint density at radius 2 is 1.67 bits per heavy atom. The Morgan fingerprint density at radius 3 is 2.33 bits per heavy atom. The maximum absolute atomic E-state index is 13.1. The van der Waals surface area contributed by atoms with E-state index in [-0.39, 0.29) is 23.8 Å². The first-order valence-electron chi connectivity index (χ1n) is 9.95. The lowest BCUT2D eigenvalue weighted by Gasteiger charge is -2.34. The molecule has 30 heavy (non-hydrogen) atoms. The van der Waals surface area contributed by atoms with E-state index in [1.807, 2.05) is 18.2 Å². The van der Waals surface area contributed by atoms with E-state index in [0.29, 0.717) is 24.3 Å². The van der Waals surface area contributed by atoms with Crippen LogP contribution in [-0.2, 0) is 17.9 Å². The zero-order valence-electron chi connectivity index (χ0n) is 16.6. The van der Waals surface area contributed by atoms with Gasteiger partial charge in [-0.05, 0) is 29.8 Å². The van der Waals surface area contributed by atoms with E-state index in [0.717, 1.165) is 19.6 Å². The van der Waals surface area contributed by atoms with Gasteiger partial charge in [0.2, 0.25) is 5.91 Å². The first kappa shape index (κ1) is 20.0. The van der Waals surface area contributed by atoms with E-state index in [1.165, 1.54) is 34.7 Å². The topological polar surface area (TPSA) is 58.4 Å². The monoisotopic (exact) mass is 406 g/mol. The number of piperazine rings is 1. The van der Waals surface area contributed by atoms with Crippen molar-refractivity contribution in [3.8, 4) is 11.3 Å². The molecule has 1 amide bonds. The van der Waals surface area contributed by atoms with Crippen molar-refractivity contribution in [2.45, 2.75) is 13.1 Å². The minimum atomic E-state index is -0.346. The molecule has 0 unspecified atom stereocenters. The van der Waals surface area contributed by atoms with Gasteiger partial charge in [-0.2, -0.15) is 0 Å². The van der Waals surface area contributed by atoms with Crippen molar-refractivity contribution in [3.63, 3.8) is 0 Å². The summed E-state index contributed by atoms with van der Waals surface area (Å²) < 4.78 is 14.4. The van der Waals surface area contributed by atoms with Crippen LogP contribution in [0.3, 0.4) is 0 Å². The molecule has 1 aliphatic rings.